The summed E-state index contributed by atoms with van der Waals surface area (Å²) in [5.41, 5.74) is 7.16. The molecule has 2 aromatic heterocycles. The summed E-state index contributed by atoms with van der Waals surface area (Å²) in [4.78, 5) is 8.89. The molecule has 0 radical (unpaired) electrons. The average Bonchev–Trinajstić information content (AvgIpc) is 2.83. The third-order valence-corrected chi connectivity index (χ3v) is 4.52. The van der Waals surface area contributed by atoms with Gasteiger partial charge in [0.15, 0.2) is 4.34 Å². The Morgan fingerprint density at radius 2 is 2.10 bits per heavy atom. The lowest BCUT2D eigenvalue weighted by atomic mass is 10.1. The molecule has 0 fully saturated rings. The SMILES string of the molecule is Cc1nsc(Sc2nc3ccccc3cc2C(=N)N)n1. The first kappa shape index (κ1) is 13.0. The number of amidine groups is 1. The number of benzene rings is 1. The Morgan fingerprint density at radius 3 is 2.80 bits per heavy atom. The first-order valence-corrected chi connectivity index (χ1v) is 7.45. The molecule has 0 spiro atoms. The number of aromatic nitrogens is 3. The fourth-order valence-corrected chi connectivity index (χ4v) is 3.46. The second kappa shape index (κ2) is 5.18. The second-order valence-corrected chi connectivity index (χ2v) is 6.14. The van der Waals surface area contributed by atoms with Gasteiger partial charge in [0.05, 0.1) is 5.52 Å². The molecule has 0 aliphatic heterocycles. The van der Waals surface area contributed by atoms with E-state index < -0.39 is 0 Å². The Bertz CT molecular complexity index is 796. The van der Waals surface area contributed by atoms with Gasteiger partial charge in [-0.15, -0.1) is 0 Å². The van der Waals surface area contributed by atoms with Crippen LogP contribution in [0.15, 0.2) is 39.7 Å². The third-order valence-electron chi connectivity index (χ3n) is 2.67. The van der Waals surface area contributed by atoms with E-state index in [0.717, 1.165) is 21.1 Å². The van der Waals surface area contributed by atoms with Crippen molar-refractivity contribution in [3.05, 3.63) is 41.7 Å². The van der Waals surface area contributed by atoms with Gasteiger partial charge in [0.1, 0.15) is 16.7 Å². The molecular weight excluding hydrogens is 290 g/mol. The molecule has 2 heterocycles. The highest BCUT2D eigenvalue weighted by Gasteiger charge is 2.13. The van der Waals surface area contributed by atoms with Gasteiger partial charge in [0.25, 0.3) is 0 Å². The van der Waals surface area contributed by atoms with Crippen LogP contribution in [0, 0.1) is 12.3 Å². The van der Waals surface area contributed by atoms with E-state index in [2.05, 4.69) is 14.3 Å². The zero-order valence-corrected chi connectivity index (χ0v) is 12.3. The Labute approximate surface area is 123 Å². The van der Waals surface area contributed by atoms with E-state index in [0.29, 0.717) is 10.6 Å². The van der Waals surface area contributed by atoms with Gasteiger partial charge in [-0.2, -0.15) is 4.37 Å². The van der Waals surface area contributed by atoms with Crippen molar-refractivity contribution in [3.63, 3.8) is 0 Å². The molecule has 7 heteroatoms. The van der Waals surface area contributed by atoms with Crippen molar-refractivity contribution < 1.29 is 0 Å². The summed E-state index contributed by atoms with van der Waals surface area (Å²) in [6, 6.07) is 9.66. The average molecular weight is 301 g/mol. The number of nitrogens with zero attached hydrogens (tertiary/aromatic N) is 3. The van der Waals surface area contributed by atoms with E-state index in [1.165, 1.54) is 23.3 Å². The van der Waals surface area contributed by atoms with Crippen molar-refractivity contribution >= 4 is 40.0 Å². The molecule has 5 nitrogen and oxygen atoms in total. The molecule has 3 N–H and O–H groups in total. The van der Waals surface area contributed by atoms with Gasteiger partial charge < -0.3 is 5.73 Å². The molecule has 3 rings (SSSR count). The monoisotopic (exact) mass is 301 g/mol. The lowest BCUT2D eigenvalue weighted by Crippen LogP contribution is -2.13. The van der Waals surface area contributed by atoms with Crippen molar-refractivity contribution in [2.75, 3.05) is 0 Å². The lowest BCUT2D eigenvalue weighted by molar-refractivity contribution is 1.09. The van der Waals surface area contributed by atoms with Crippen molar-refractivity contribution in [1.82, 2.24) is 14.3 Å². The van der Waals surface area contributed by atoms with E-state index in [4.69, 9.17) is 11.1 Å². The zero-order chi connectivity index (χ0) is 14.1. The summed E-state index contributed by atoms with van der Waals surface area (Å²) >= 11 is 2.71. The maximum Gasteiger partial charge on any atom is 0.176 e. The zero-order valence-electron chi connectivity index (χ0n) is 10.6. The van der Waals surface area contributed by atoms with Crippen LogP contribution >= 0.6 is 23.3 Å². The van der Waals surface area contributed by atoms with Crippen LogP contribution in [0.3, 0.4) is 0 Å². The summed E-state index contributed by atoms with van der Waals surface area (Å²) in [6.45, 7) is 1.85. The van der Waals surface area contributed by atoms with Crippen LogP contribution in [-0.4, -0.2) is 20.2 Å². The van der Waals surface area contributed by atoms with Crippen molar-refractivity contribution in [1.29, 1.82) is 5.41 Å². The van der Waals surface area contributed by atoms with Gasteiger partial charge in [-0.3, -0.25) is 5.41 Å². The minimum Gasteiger partial charge on any atom is -0.384 e. The van der Waals surface area contributed by atoms with Gasteiger partial charge in [-0.1, -0.05) is 18.2 Å². The lowest BCUT2D eigenvalue weighted by Gasteiger charge is -2.07. The number of pyridine rings is 1. The van der Waals surface area contributed by atoms with Crippen LogP contribution < -0.4 is 5.73 Å². The van der Waals surface area contributed by atoms with Gasteiger partial charge in [0, 0.05) is 10.9 Å². The Balaban J connectivity index is 2.11. The van der Waals surface area contributed by atoms with E-state index >= 15 is 0 Å². The summed E-state index contributed by atoms with van der Waals surface area (Å²) in [7, 11) is 0. The van der Waals surface area contributed by atoms with Crippen LogP contribution in [0.4, 0.5) is 0 Å². The highest BCUT2D eigenvalue weighted by molar-refractivity contribution is 8.01. The molecule has 0 amide bonds. The smallest absolute Gasteiger partial charge is 0.176 e. The first-order valence-electron chi connectivity index (χ1n) is 5.86. The van der Waals surface area contributed by atoms with E-state index in [1.54, 1.807) is 0 Å². The fraction of sp³-hybridized carbons (Fsp3) is 0.0769. The molecule has 0 bridgehead atoms. The minimum absolute atomic E-state index is 0.00647. The quantitative estimate of drug-likeness (QED) is 0.573. The molecular formula is C13H11N5S2. The maximum absolute atomic E-state index is 7.71. The van der Waals surface area contributed by atoms with Crippen LogP contribution in [0.2, 0.25) is 0 Å². The third kappa shape index (κ3) is 2.50. The number of nitrogen functional groups attached to an aromatic ring is 1. The largest absolute Gasteiger partial charge is 0.384 e. The predicted molar refractivity (Wildman–Crippen MR) is 81.5 cm³/mol. The van der Waals surface area contributed by atoms with E-state index in [-0.39, 0.29) is 5.84 Å². The second-order valence-electron chi connectivity index (χ2n) is 4.16. The number of hydrogen-bond donors (Lipinski definition) is 2. The number of fused-ring (bicyclic) bond motifs is 1. The van der Waals surface area contributed by atoms with Crippen molar-refractivity contribution in [2.24, 2.45) is 5.73 Å². The van der Waals surface area contributed by atoms with Crippen LogP contribution in [-0.2, 0) is 0 Å². The minimum atomic E-state index is 0.00647. The normalized spacial score (nSPS) is 10.8. The van der Waals surface area contributed by atoms with E-state index in [9.17, 15) is 0 Å². The molecule has 0 saturated heterocycles. The predicted octanol–water partition coefficient (Wildman–Crippen LogP) is 2.83. The standard InChI is InChI=1S/C13H11N5S2/c1-7-16-13(20-18-7)19-12-9(11(14)15)6-8-4-2-3-5-10(8)17-12/h2-6H,1H3,(H3,14,15). The van der Waals surface area contributed by atoms with Gasteiger partial charge in [-0.05, 0) is 42.4 Å². The number of aryl methyl sites for hydroxylation is 1. The number of rotatable bonds is 3. The van der Waals surface area contributed by atoms with Crippen LogP contribution in [0.25, 0.3) is 10.9 Å². The summed E-state index contributed by atoms with van der Waals surface area (Å²) in [6.07, 6.45) is 0. The molecule has 0 unspecified atom stereocenters. The van der Waals surface area contributed by atoms with Gasteiger partial charge in [0.2, 0.25) is 0 Å². The first-order chi connectivity index (χ1) is 9.63. The number of hydrogen-bond acceptors (Lipinski definition) is 6. The fourth-order valence-electron chi connectivity index (χ4n) is 1.77. The molecule has 0 aliphatic rings. The maximum atomic E-state index is 7.71. The molecule has 0 aliphatic carbocycles. The Hall–Kier alpha value is -1.99. The van der Waals surface area contributed by atoms with Crippen LogP contribution in [0.5, 0.6) is 0 Å². The molecule has 3 aromatic rings. The summed E-state index contributed by atoms with van der Waals surface area (Å²) in [5, 5.41) is 9.37. The van der Waals surface area contributed by atoms with Gasteiger partial charge in [-0.25, -0.2) is 9.97 Å². The summed E-state index contributed by atoms with van der Waals surface area (Å²) < 4.78 is 4.95. The number of nitrogens with one attached hydrogen (secondary N) is 1. The molecule has 0 saturated carbocycles. The van der Waals surface area contributed by atoms with E-state index in [1.807, 2.05) is 37.3 Å². The Morgan fingerprint density at radius 1 is 1.30 bits per heavy atom. The summed E-state index contributed by atoms with van der Waals surface area (Å²) in [5.74, 6) is 0.745. The Kier molecular flexibility index (Phi) is 3.37. The van der Waals surface area contributed by atoms with Crippen molar-refractivity contribution in [3.8, 4) is 0 Å². The number of nitrogens with two attached hydrogens (primary N) is 1. The van der Waals surface area contributed by atoms with Crippen LogP contribution in [0.1, 0.15) is 11.4 Å². The molecule has 100 valence electrons. The number of para-hydroxylation sites is 1. The highest BCUT2D eigenvalue weighted by atomic mass is 32.2. The topological polar surface area (TPSA) is 88.5 Å². The molecule has 1 aromatic carbocycles. The van der Waals surface area contributed by atoms with Gasteiger partial charge >= 0.3 is 0 Å². The molecule has 20 heavy (non-hydrogen) atoms. The van der Waals surface area contributed by atoms with Crippen molar-refractivity contribution in [2.45, 2.75) is 16.3 Å². The molecule has 0 atom stereocenters. The highest BCUT2D eigenvalue weighted by Crippen LogP contribution is 2.31.